The van der Waals surface area contributed by atoms with Gasteiger partial charge in [0, 0.05) is 17.2 Å². The molecule has 3 aromatic rings. The van der Waals surface area contributed by atoms with Crippen LogP contribution in [0.4, 0.5) is 5.69 Å². The average molecular weight is 343 g/mol. The maximum absolute atomic E-state index is 11.5. The van der Waals surface area contributed by atoms with E-state index >= 15 is 0 Å². The summed E-state index contributed by atoms with van der Waals surface area (Å²) in [7, 11) is 0. The zero-order valence-corrected chi connectivity index (χ0v) is 14.0. The Morgan fingerprint density at radius 3 is 2.54 bits per heavy atom. The molecule has 2 heterocycles. The van der Waals surface area contributed by atoms with Crippen molar-refractivity contribution in [2.24, 2.45) is 0 Å². The van der Waals surface area contributed by atoms with E-state index in [0.29, 0.717) is 12.3 Å². The lowest BCUT2D eigenvalue weighted by Gasteiger charge is -2.36. The third kappa shape index (κ3) is 2.12. The molecule has 0 saturated carbocycles. The molecule has 0 saturated heterocycles. The molecule has 2 aliphatic heterocycles. The van der Waals surface area contributed by atoms with Gasteiger partial charge >= 0.3 is 5.97 Å². The highest BCUT2D eigenvalue weighted by molar-refractivity contribution is 5.90. The Labute approximate surface area is 151 Å². The first-order valence-electron chi connectivity index (χ1n) is 8.64. The molecule has 4 nitrogen and oxygen atoms in total. The van der Waals surface area contributed by atoms with Gasteiger partial charge in [0.05, 0.1) is 11.6 Å². The molecule has 0 radical (unpaired) electrons. The van der Waals surface area contributed by atoms with Crippen LogP contribution >= 0.6 is 0 Å². The third-order valence-corrected chi connectivity index (χ3v) is 5.33. The maximum atomic E-state index is 11.5. The molecule has 0 aliphatic carbocycles. The number of rotatable bonds is 2. The molecule has 0 spiro atoms. The highest BCUT2D eigenvalue weighted by Gasteiger charge is 2.44. The molecule has 26 heavy (non-hydrogen) atoms. The molecule has 3 aromatic carbocycles. The van der Waals surface area contributed by atoms with Crippen LogP contribution in [-0.4, -0.2) is 17.8 Å². The summed E-state index contributed by atoms with van der Waals surface area (Å²) in [5.74, 6) is 0.130. The minimum atomic E-state index is -0.911. The van der Waals surface area contributed by atoms with Crippen LogP contribution in [0.3, 0.4) is 0 Å². The van der Waals surface area contributed by atoms with E-state index in [4.69, 9.17) is 4.74 Å². The van der Waals surface area contributed by atoms with Crippen molar-refractivity contribution in [3.8, 4) is 5.75 Å². The first kappa shape index (κ1) is 15.0. The van der Waals surface area contributed by atoms with Crippen LogP contribution < -0.4 is 9.64 Å². The van der Waals surface area contributed by atoms with E-state index in [1.54, 1.807) is 12.1 Å². The summed E-state index contributed by atoms with van der Waals surface area (Å²) < 4.78 is 5.96. The van der Waals surface area contributed by atoms with E-state index in [2.05, 4.69) is 35.2 Å². The molecule has 0 bridgehead atoms. The lowest BCUT2D eigenvalue weighted by Crippen LogP contribution is -2.35. The highest BCUT2D eigenvalue weighted by atomic mass is 16.5. The molecule has 4 heteroatoms. The third-order valence-electron chi connectivity index (χ3n) is 5.33. The molecule has 2 unspecified atom stereocenters. The molecule has 0 aromatic heterocycles. The number of anilines is 1. The van der Waals surface area contributed by atoms with Gasteiger partial charge < -0.3 is 14.7 Å². The molecular weight excluding hydrogens is 326 g/mol. The minimum Gasteiger partial charge on any atom is -0.478 e. The molecular formula is C22H17NO3. The van der Waals surface area contributed by atoms with Crippen LogP contribution in [0, 0.1) is 0 Å². The van der Waals surface area contributed by atoms with Gasteiger partial charge in [-0.2, -0.15) is 0 Å². The van der Waals surface area contributed by atoms with E-state index < -0.39 is 5.97 Å². The van der Waals surface area contributed by atoms with E-state index in [1.807, 2.05) is 30.3 Å². The number of carbonyl (C=O) groups is 1. The topological polar surface area (TPSA) is 49.8 Å². The van der Waals surface area contributed by atoms with Gasteiger partial charge in [0.25, 0.3) is 0 Å². The van der Waals surface area contributed by atoms with Gasteiger partial charge in [-0.3, -0.25) is 0 Å². The Morgan fingerprint density at radius 2 is 1.73 bits per heavy atom. The van der Waals surface area contributed by atoms with Gasteiger partial charge in [0.1, 0.15) is 5.75 Å². The van der Waals surface area contributed by atoms with Gasteiger partial charge in [-0.1, -0.05) is 54.6 Å². The summed E-state index contributed by atoms with van der Waals surface area (Å²) >= 11 is 0. The molecule has 128 valence electrons. The summed E-state index contributed by atoms with van der Waals surface area (Å²) in [4.78, 5) is 13.6. The number of nitrogens with zero attached hydrogens (tertiary/aromatic N) is 1. The minimum absolute atomic E-state index is 0.0985. The van der Waals surface area contributed by atoms with Crippen LogP contribution in [0.1, 0.15) is 39.0 Å². The van der Waals surface area contributed by atoms with Crippen molar-refractivity contribution in [2.45, 2.75) is 12.0 Å². The van der Waals surface area contributed by atoms with E-state index in [0.717, 1.165) is 22.6 Å². The standard InChI is InChI=1S/C22H17NO3/c24-22(25)15-10-11-16-18(12-15)23-13-26-19-9-5-4-8-17(19)21(23)20(16)14-6-2-1-3-7-14/h1-12,20-21H,13H2,(H,24,25). The van der Waals surface area contributed by atoms with Crippen LogP contribution in [0.15, 0.2) is 72.8 Å². The number of hydrogen-bond acceptors (Lipinski definition) is 3. The first-order valence-corrected chi connectivity index (χ1v) is 8.64. The van der Waals surface area contributed by atoms with Gasteiger partial charge in [-0.15, -0.1) is 0 Å². The Balaban J connectivity index is 1.74. The van der Waals surface area contributed by atoms with Crippen LogP contribution in [-0.2, 0) is 0 Å². The number of carboxylic acids is 1. The summed E-state index contributed by atoms with van der Waals surface area (Å²) in [5.41, 5.74) is 4.75. The Morgan fingerprint density at radius 1 is 0.962 bits per heavy atom. The molecule has 0 amide bonds. The Kier molecular flexibility index (Phi) is 3.25. The molecule has 5 rings (SSSR count). The van der Waals surface area contributed by atoms with E-state index in [-0.39, 0.29) is 12.0 Å². The van der Waals surface area contributed by atoms with Crippen molar-refractivity contribution < 1.29 is 14.6 Å². The second kappa shape index (κ2) is 5.63. The molecule has 2 atom stereocenters. The molecule has 0 fully saturated rings. The number of fused-ring (bicyclic) bond motifs is 5. The van der Waals surface area contributed by atoms with Crippen LogP contribution in [0.25, 0.3) is 0 Å². The summed E-state index contributed by atoms with van der Waals surface area (Å²) in [6, 6.07) is 24.0. The van der Waals surface area contributed by atoms with Crippen molar-refractivity contribution in [2.75, 3.05) is 11.6 Å². The lowest BCUT2D eigenvalue weighted by atomic mass is 9.84. The first-order chi connectivity index (χ1) is 12.7. The highest BCUT2D eigenvalue weighted by Crippen LogP contribution is 2.55. The second-order valence-electron chi connectivity index (χ2n) is 6.69. The fourth-order valence-electron chi connectivity index (χ4n) is 4.20. The van der Waals surface area contributed by atoms with Gasteiger partial charge in [0.15, 0.2) is 6.73 Å². The van der Waals surface area contributed by atoms with Crippen molar-refractivity contribution in [1.82, 2.24) is 0 Å². The average Bonchev–Trinajstić information content (AvgIpc) is 3.02. The predicted molar refractivity (Wildman–Crippen MR) is 98.8 cm³/mol. The number of ether oxygens (including phenoxy) is 1. The smallest absolute Gasteiger partial charge is 0.335 e. The monoisotopic (exact) mass is 343 g/mol. The largest absolute Gasteiger partial charge is 0.478 e. The Bertz CT molecular complexity index is 999. The van der Waals surface area contributed by atoms with Crippen molar-refractivity contribution in [3.63, 3.8) is 0 Å². The van der Waals surface area contributed by atoms with Gasteiger partial charge in [-0.25, -0.2) is 4.79 Å². The number of aromatic carboxylic acids is 1. The van der Waals surface area contributed by atoms with Crippen molar-refractivity contribution in [3.05, 3.63) is 95.1 Å². The number of benzene rings is 3. The number of hydrogen-bond donors (Lipinski definition) is 1. The number of carboxylic acid groups (broad SMARTS) is 1. The maximum Gasteiger partial charge on any atom is 0.335 e. The van der Waals surface area contributed by atoms with E-state index in [9.17, 15) is 9.90 Å². The fraction of sp³-hybridized carbons (Fsp3) is 0.136. The van der Waals surface area contributed by atoms with E-state index in [1.165, 1.54) is 5.56 Å². The quantitative estimate of drug-likeness (QED) is 0.748. The van der Waals surface area contributed by atoms with Crippen LogP contribution in [0.2, 0.25) is 0 Å². The summed E-state index contributed by atoms with van der Waals surface area (Å²) in [6.07, 6.45) is 0. The van der Waals surface area contributed by atoms with Gasteiger partial charge in [-0.05, 0) is 29.3 Å². The SMILES string of the molecule is O=C(O)c1ccc2c(c1)N1COc3ccccc3C1C2c1ccccc1. The van der Waals surface area contributed by atoms with Crippen molar-refractivity contribution in [1.29, 1.82) is 0 Å². The normalized spacial score (nSPS) is 19.9. The zero-order valence-electron chi connectivity index (χ0n) is 14.0. The number of para-hydroxylation sites is 1. The van der Waals surface area contributed by atoms with Crippen LogP contribution in [0.5, 0.6) is 5.75 Å². The summed E-state index contributed by atoms with van der Waals surface area (Å²) in [6.45, 7) is 0.418. The zero-order chi connectivity index (χ0) is 17.7. The molecule has 1 N–H and O–H groups in total. The molecule has 2 aliphatic rings. The Hall–Kier alpha value is -3.27. The fourth-order valence-corrected chi connectivity index (χ4v) is 4.20. The summed E-state index contributed by atoms with van der Waals surface area (Å²) in [5, 5.41) is 9.40. The lowest BCUT2D eigenvalue weighted by molar-refractivity contribution is 0.0697. The van der Waals surface area contributed by atoms with Crippen molar-refractivity contribution >= 4 is 11.7 Å². The predicted octanol–water partition coefficient (Wildman–Crippen LogP) is 4.43. The second-order valence-corrected chi connectivity index (χ2v) is 6.69. The van der Waals surface area contributed by atoms with Gasteiger partial charge in [0.2, 0.25) is 0 Å².